The van der Waals surface area contributed by atoms with E-state index in [0.29, 0.717) is 6.61 Å². The minimum absolute atomic E-state index is 0.0907. The Morgan fingerprint density at radius 3 is 2.39 bits per heavy atom. The minimum Gasteiger partial charge on any atom is -0.488 e. The summed E-state index contributed by atoms with van der Waals surface area (Å²) in [5.41, 5.74) is 11.5. The van der Waals surface area contributed by atoms with Crippen LogP contribution in [0, 0.1) is 0 Å². The summed E-state index contributed by atoms with van der Waals surface area (Å²) in [5.74, 6) is 0.944. The van der Waals surface area contributed by atoms with Gasteiger partial charge in [0.2, 0.25) is 0 Å². The van der Waals surface area contributed by atoms with Gasteiger partial charge in [-0.2, -0.15) is 0 Å². The molecule has 6 rings (SSSR count). The summed E-state index contributed by atoms with van der Waals surface area (Å²) in [5, 5.41) is 0. The lowest BCUT2D eigenvalue weighted by Gasteiger charge is -2.30. The molecule has 0 N–H and O–H groups in total. The molecule has 1 heterocycles. The van der Waals surface area contributed by atoms with E-state index >= 15 is 0 Å². The Morgan fingerprint density at radius 2 is 1.61 bits per heavy atom. The molecule has 162 valence electrons. The van der Waals surface area contributed by atoms with Crippen LogP contribution in [0.3, 0.4) is 0 Å². The topological polar surface area (TPSA) is 26.3 Å². The molecule has 0 fully saturated rings. The highest BCUT2D eigenvalue weighted by atomic mass is 16.5. The molecule has 0 saturated carbocycles. The number of carbonyl (C=O) groups is 1. The average Bonchev–Trinajstić information content (AvgIpc) is 3.05. The number of carbonyl (C=O) groups excluding carboxylic acids is 1. The quantitative estimate of drug-likeness (QED) is 0.375. The predicted molar refractivity (Wildman–Crippen MR) is 134 cm³/mol. The van der Waals surface area contributed by atoms with Crippen molar-refractivity contribution in [1.29, 1.82) is 0 Å². The fourth-order valence-corrected chi connectivity index (χ4v) is 5.62. The van der Waals surface area contributed by atoms with E-state index in [0.717, 1.165) is 44.7 Å². The van der Waals surface area contributed by atoms with Gasteiger partial charge in [-0.05, 0) is 64.9 Å². The van der Waals surface area contributed by atoms with E-state index in [2.05, 4.69) is 82.3 Å². The van der Waals surface area contributed by atoms with E-state index in [4.69, 9.17) is 4.74 Å². The molecule has 3 aliphatic rings. The Balaban J connectivity index is 1.69. The molecule has 0 amide bonds. The SMILES string of the molecule is CC(C)=C/C=C1\C(=O)c2cc3c(cc2C2=C1C(C)(C)c1ccccc12)OCc1ccccc1-3. The van der Waals surface area contributed by atoms with Crippen molar-refractivity contribution in [1.82, 2.24) is 0 Å². The van der Waals surface area contributed by atoms with Crippen LogP contribution in [0.25, 0.3) is 16.7 Å². The fraction of sp³-hybridized carbons (Fsp3) is 0.194. The number of hydrogen-bond donors (Lipinski definition) is 0. The maximum Gasteiger partial charge on any atom is 0.194 e. The molecule has 33 heavy (non-hydrogen) atoms. The van der Waals surface area contributed by atoms with Crippen molar-refractivity contribution >= 4 is 11.4 Å². The monoisotopic (exact) mass is 430 g/mol. The van der Waals surface area contributed by atoms with E-state index in [1.165, 1.54) is 22.3 Å². The van der Waals surface area contributed by atoms with Crippen LogP contribution < -0.4 is 4.74 Å². The normalized spacial score (nSPS) is 18.1. The molecule has 1 aliphatic heterocycles. The molecule has 0 saturated heterocycles. The Hall–Kier alpha value is -3.65. The summed E-state index contributed by atoms with van der Waals surface area (Å²) in [6, 6.07) is 21.0. The van der Waals surface area contributed by atoms with Crippen molar-refractivity contribution in [3.05, 3.63) is 117 Å². The molecule has 0 radical (unpaired) electrons. The van der Waals surface area contributed by atoms with Gasteiger partial charge < -0.3 is 4.74 Å². The van der Waals surface area contributed by atoms with Gasteiger partial charge >= 0.3 is 0 Å². The first-order valence-corrected chi connectivity index (χ1v) is 11.5. The van der Waals surface area contributed by atoms with Crippen LogP contribution in [0.15, 0.2) is 89.5 Å². The van der Waals surface area contributed by atoms with Gasteiger partial charge in [0.15, 0.2) is 5.78 Å². The molecular formula is C31H26O2. The van der Waals surface area contributed by atoms with Crippen LogP contribution in [-0.4, -0.2) is 5.78 Å². The summed E-state index contributed by atoms with van der Waals surface area (Å²) in [4.78, 5) is 14.0. The first-order valence-electron chi connectivity index (χ1n) is 11.5. The molecule has 0 unspecified atom stereocenters. The lowest BCUT2D eigenvalue weighted by Crippen LogP contribution is -2.25. The molecule has 0 aromatic heterocycles. The lowest BCUT2D eigenvalue weighted by molar-refractivity contribution is 0.103. The molecule has 0 atom stereocenters. The van der Waals surface area contributed by atoms with Crippen LogP contribution in [0.2, 0.25) is 0 Å². The molecule has 2 nitrogen and oxygen atoms in total. The van der Waals surface area contributed by atoms with Crippen molar-refractivity contribution in [3.8, 4) is 16.9 Å². The zero-order chi connectivity index (χ0) is 22.9. The summed E-state index contributed by atoms with van der Waals surface area (Å²) in [6.07, 6.45) is 4.08. The molecule has 2 aliphatic carbocycles. The summed E-state index contributed by atoms with van der Waals surface area (Å²) in [7, 11) is 0. The minimum atomic E-state index is -0.260. The highest BCUT2D eigenvalue weighted by Gasteiger charge is 2.45. The first kappa shape index (κ1) is 20.0. The van der Waals surface area contributed by atoms with Crippen LogP contribution >= 0.6 is 0 Å². The third-order valence-electron chi connectivity index (χ3n) is 7.17. The molecule has 0 bridgehead atoms. The fourth-order valence-electron chi connectivity index (χ4n) is 5.62. The number of hydrogen-bond acceptors (Lipinski definition) is 2. The zero-order valence-corrected chi connectivity index (χ0v) is 19.5. The predicted octanol–water partition coefficient (Wildman–Crippen LogP) is 7.43. The van der Waals surface area contributed by atoms with Crippen LogP contribution in [0.5, 0.6) is 5.75 Å². The maximum absolute atomic E-state index is 14.0. The summed E-state index contributed by atoms with van der Waals surface area (Å²) >= 11 is 0. The average molecular weight is 431 g/mol. The van der Waals surface area contributed by atoms with Crippen LogP contribution in [-0.2, 0) is 12.0 Å². The Bertz CT molecular complexity index is 1460. The van der Waals surface area contributed by atoms with E-state index in [1.54, 1.807) is 0 Å². The van der Waals surface area contributed by atoms with Gasteiger partial charge in [-0.1, -0.05) is 80.1 Å². The molecule has 3 aromatic carbocycles. The summed E-state index contributed by atoms with van der Waals surface area (Å²) < 4.78 is 6.19. The Morgan fingerprint density at radius 1 is 0.879 bits per heavy atom. The maximum atomic E-state index is 14.0. The van der Waals surface area contributed by atoms with Gasteiger partial charge in [-0.15, -0.1) is 0 Å². The van der Waals surface area contributed by atoms with Gasteiger partial charge in [0.05, 0.1) is 0 Å². The van der Waals surface area contributed by atoms with E-state index in [9.17, 15) is 4.79 Å². The Labute approximate surface area is 194 Å². The van der Waals surface area contributed by atoms with Crippen molar-refractivity contribution in [2.75, 3.05) is 0 Å². The number of ether oxygens (including phenoxy) is 1. The van der Waals surface area contributed by atoms with Crippen LogP contribution in [0.4, 0.5) is 0 Å². The number of rotatable bonds is 1. The Kier molecular flexibility index (Phi) is 4.19. The standard InChI is InChI=1S/C31H26O2/c1-18(2)13-14-22-29-28(21-11-7-8-12-26(21)31(29,3)4)24-16-27-23(15-25(24)30(22)32)20-10-6-5-9-19(20)17-33-27/h5-16H,17H2,1-4H3/b22-14-. The van der Waals surface area contributed by atoms with Gasteiger partial charge in [-0.25, -0.2) is 0 Å². The largest absolute Gasteiger partial charge is 0.488 e. The second kappa shape index (κ2) is 6.92. The van der Waals surface area contributed by atoms with E-state index in [-0.39, 0.29) is 11.2 Å². The number of ketones is 1. The molecule has 0 spiro atoms. The van der Waals surface area contributed by atoms with Gasteiger partial charge in [0.1, 0.15) is 12.4 Å². The van der Waals surface area contributed by atoms with Gasteiger partial charge in [0, 0.05) is 22.1 Å². The number of allylic oxidation sites excluding steroid dienone is 5. The highest BCUT2D eigenvalue weighted by molar-refractivity contribution is 6.22. The smallest absolute Gasteiger partial charge is 0.194 e. The van der Waals surface area contributed by atoms with Gasteiger partial charge in [-0.3, -0.25) is 4.79 Å². The van der Waals surface area contributed by atoms with Gasteiger partial charge in [0.25, 0.3) is 0 Å². The number of fused-ring (bicyclic) bond motifs is 7. The zero-order valence-electron chi connectivity index (χ0n) is 19.5. The second-order valence-electron chi connectivity index (χ2n) is 9.91. The van der Waals surface area contributed by atoms with Crippen molar-refractivity contribution < 1.29 is 9.53 Å². The molecular weight excluding hydrogens is 404 g/mol. The van der Waals surface area contributed by atoms with E-state index < -0.39 is 0 Å². The third-order valence-corrected chi connectivity index (χ3v) is 7.17. The number of Topliss-reactive ketones (excluding diaryl/α,β-unsaturated/α-hetero) is 1. The summed E-state index contributed by atoms with van der Waals surface area (Å²) in [6.45, 7) is 9.14. The third kappa shape index (κ3) is 2.77. The van der Waals surface area contributed by atoms with E-state index in [1.807, 2.05) is 18.2 Å². The molecule has 3 aromatic rings. The highest BCUT2D eigenvalue weighted by Crippen LogP contribution is 2.56. The number of benzene rings is 3. The second-order valence-corrected chi connectivity index (χ2v) is 9.91. The van der Waals surface area contributed by atoms with Crippen molar-refractivity contribution in [3.63, 3.8) is 0 Å². The first-order chi connectivity index (χ1) is 15.9. The van der Waals surface area contributed by atoms with Crippen LogP contribution in [0.1, 0.15) is 60.3 Å². The lowest BCUT2D eigenvalue weighted by atomic mass is 9.72. The van der Waals surface area contributed by atoms with Crippen molar-refractivity contribution in [2.45, 2.75) is 39.7 Å². The molecule has 2 heteroatoms. The van der Waals surface area contributed by atoms with Crippen molar-refractivity contribution in [2.24, 2.45) is 0 Å².